The molecule has 3 aromatic rings. The van der Waals surface area contributed by atoms with Crippen LogP contribution in [0.15, 0.2) is 36.4 Å². The van der Waals surface area contributed by atoms with Crippen molar-refractivity contribution >= 4 is 16.9 Å². The van der Waals surface area contributed by atoms with Crippen molar-refractivity contribution in [1.82, 2.24) is 19.0 Å². The van der Waals surface area contributed by atoms with Crippen LogP contribution < -0.4 is 0 Å². The van der Waals surface area contributed by atoms with Gasteiger partial charge in [-0.3, -0.25) is 4.79 Å². The second-order valence-corrected chi connectivity index (χ2v) is 7.28. The number of aryl methyl sites for hydroxylation is 3. The summed E-state index contributed by atoms with van der Waals surface area (Å²) in [5.41, 5.74) is 4.55. The van der Waals surface area contributed by atoms with Crippen LogP contribution in [0.1, 0.15) is 42.5 Å². The molecule has 5 nitrogen and oxygen atoms in total. The largest absolute Gasteiger partial charge is 0.349 e. The predicted octanol–water partition coefficient (Wildman–Crippen LogP) is 3.75. The monoisotopic (exact) mass is 350 g/mol. The van der Waals surface area contributed by atoms with Gasteiger partial charge in [-0.05, 0) is 51.0 Å². The Morgan fingerprint density at radius 1 is 1.15 bits per heavy atom. The lowest BCUT2D eigenvalue weighted by molar-refractivity contribution is -0.132. The smallest absolute Gasteiger partial charge is 0.224 e. The van der Waals surface area contributed by atoms with Crippen molar-refractivity contribution in [3.63, 3.8) is 0 Å². The molecular weight excluding hydrogens is 324 g/mol. The zero-order chi connectivity index (χ0) is 18.3. The fraction of sp³-hybridized carbons (Fsp3) is 0.429. The van der Waals surface area contributed by atoms with Crippen LogP contribution in [0, 0.1) is 13.8 Å². The second kappa shape index (κ2) is 6.63. The van der Waals surface area contributed by atoms with Crippen molar-refractivity contribution in [1.29, 1.82) is 0 Å². The number of hydrogen-bond acceptors (Lipinski definition) is 2. The summed E-state index contributed by atoms with van der Waals surface area (Å²) in [6, 6.07) is 12.5. The van der Waals surface area contributed by atoms with Crippen LogP contribution in [0.3, 0.4) is 0 Å². The number of nitrogens with zero attached hydrogens (tertiary/aromatic N) is 4. The Labute approximate surface area is 154 Å². The van der Waals surface area contributed by atoms with E-state index in [2.05, 4.69) is 48.2 Å². The molecule has 0 spiro atoms. The Kier molecular flexibility index (Phi) is 4.31. The number of carbonyl (C=O) groups is 1. The van der Waals surface area contributed by atoms with Gasteiger partial charge in [0.05, 0.1) is 17.1 Å². The quantitative estimate of drug-likeness (QED) is 0.719. The lowest BCUT2D eigenvalue weighted by atomic mass is 10.2. The topological polar surface area (TPSA) is 43.1 Å². The highest BCUT2D eigenvalue weighted by atomic mass is 16.2. The molecule has 0 N–H and O–H groups in total. The molecule has 1 aliphatic heterocycles. The highest BCUT2D eigenvalue weighted by Crippen LogP contribution is 2.33. The molecule has 1 aromatic carbocycles. The van der Waals surface area contributed by atoms with Gasteiger partial charge >= 0.3 is 0 Å². The number of carbonyl (C=O) groups excluding carboxylic acids is 1. The van der Waals surface area contributed by atoms with E-state index in [0.717, 1.165) is 42.8 Å². The van der Waals surface area contributed by atoms with E-state index in [9.17, 15) is 4.79 Å². The Balaban J connectivity index is 1.54. The molecule has 1 saturated heterocycles. The van der Waals surface area contributed by atoms with Gasteiger partial charge in [0, 0.05) is 37.9 Å². The standard InChI is InChI=1S/C21H26N4O/c1-15-10-11-16(2)24(15)14-12-20(26)25-13-6-9-19(25)21-22-17-7-4-5-8-18(17)23(21)3/h4-5,7-8,10-11,19H,6,9,12-14H2,1-3H3/t19-/m0/s1. The molecule has 1 amide bonds. The van der Waals surface area contributed by atoms with Crippen molar-refractivity contribution in [3.8, 4) is 0 Å². The molecule has 0 radical (unpaired) electrons. The first kappa shape index (κ1) is 16.9. The van der Waals surface area contributed by atoms with Crippen LogP contribution in [0.4, 0.5) is 0 Å². The van der Waals surface area contributed by atoms with Crippen molar-refractivity contribution in [3.05, 3.63) is 53.6 Å². The van der Waals surface area contributed by atoms with Gasteiger partial charge in [-0.25, -0.2) is 4.98 Å². The Hall–Kier alpha value is -2.56. The van der Waals surface area contributed by atoms with Gasteiger partial charge < -0.3 is 14.0 Å². The molecule has 4 rings (SSSR count). The summed E-state index contributed by atoms with van der Waals surface area (Å²) in [7, 11) is 2.05. The molecule has 0 saturated carbocycles. The van der Waals surface area contributed by atoms with E-state index < -0.39 is 0 Å². The van der Waals surface area contributed by atoms with Crippen LogP contribution in [0.5, 0.6) is 0 Å². The van der Waals surface area contributed by atoms with E-state index >= 15 is 0 Å². The first-order chi connectivity index (χ1) is 12.6. The minimum atomic E-state index is 0.0896. The molecule has 2 aromatic heterocycles. The first-order valence-corrected chi connectivity index (χ1v) is 9.40. The fourth-order valence-corrected chi connectivity index (χ4v) is 4.20. The summed E-state index contributed by atoms with van der Waals surface area (Å²) in [5.74, 6) is 1.23. The number of aromatic nitrogens is 3. The highest BCUT2D eigenvalue weighted by molar-refractivity contribution is 5.78. The number of para-hydroxylation sites is 2. The third-order valence-corrected chi connectivity index (χ3v) is 5.66. The Morgan fingerprint density at radius 3 is 2.62 bits per heavy atom. The van der Waals surface area contributed by atoms with E-state index in [1.165, 1.54) is 11.4 Å². The van der Waals surface area contributed by atoms with Crippen molar-refractivity contribution in [2.24, 2.45) is 7.05 Å². The second-order valence-electron chi connectivity index (χ2n) is 7.28. The fourth-order valence-electron chi connectivity index (χ4n) is 4.20. The van der Waals surface area contributed by atoms with Crippen LogP contribution in [0.2, 0.25) is 0 Å². The molecule has 136 valence electrons. The Morgan fingerprint density at radius 2 is 1.88 bits per heavy atom. The van der Waals surface area contributed by atoms with E-state index in [-0.39, 0.29) is 11.9 Å². The summed E-state index contributed by atoms with van der Waals surface area (Å²) in [6.07, 6.45) is 2.57. The van der Waals surface area contributed by atoms with Gasteiger partial charge in [0.15, 0.2) is 0 Å². The molecule has 26 heavy (non-hydrogen) atoms. The van der Waals surface area contributed by atoms with Crippen LogP contribution in [-0.4, -0.2) is 31.5 Å². The predicted molar refractivity (Wildman–Crippen MR) is 103 cm³/mol. The molecule has 1 fully saturated rings. The van der Waals surface area contributed by atoms with Gasteiger partial charge in [-0.2, -0.15) is 0 Å². The summed E-state index contributed by atoms with van der Waals surface area (Å²) < 4.78 is 4.36. The molecular formula is C21H26N4O. The van der Waals surface area contributed by atoms with Crippen molar-refractivity contribution in [2.45, 2.75) is 45.7 Å². The molecule has 0 aliphatic carbocycles. The van der Waals surface area contributed by atoms with E-state index in [1.54, 1.807) is 0 Å². The summed E-state index contributed by atoms with van der Waals surface area (Å²) >= 11 is 0. The number of amides is 1. The summed E-state index contributed by atoms with van der Waals surface area (Å²) in [4.78, 5) is 19.8. The molecule has 0 bridgehead atoms. The average molecular weight is 350 g/mol. The van der Waals surface area contributed by atoms with Crippen LogP contribution in [0.25, 0.3) is 11.0 Å². The highest BCUT2D eigenvalue weighted by Gasteiger charge is 2.32. The number of fused-ring (bicyclic) bond motifs is 1. The number of benzene rings is 1. The lowest BCUT2D eigenvalue weighted by Gasteiger charge is -2.25. The SMILES string of the molecule is Cc1ccc(C)n1CCC(=O)N1CCC[C@H]1c1nc2ccccc2n1C. The third-order valence-electron chi connectivity index (χ3n) is 5.66. The number of hydrogen-bond donors (Lipinski definition) is 0. The zero-order valence-corrected chi connectivity index (χ0v) is 15.8. The average Bonchev–Trinajstić information content (AvgIpc) is 3.32. The third kappa shape index (κ3) is 2.81. The minimum Gasteiger partial charge on any atom is -0.349 e. The maximum Gasteiger partial charge on any atom is 0.224 e. The van der Waals surface area contributed by atoms with Gasteiger partial charge in [-0.1, -0.05) is 12.1 Å². The van der Waals surface area contributed by atoms with Gasteiger partial charge in [0.25, 0.3) is 0 Å². The maximum absolute atomic E-state index is 12.9. The normalized spacial score (nSPS) is 17.3. The minimum absolute atomic E-state index is 0.0896. The first-order valence-electron chi connectivity index (χ1n) is 9.40. The van der Waals surface area contributed by atoms with Gasteiger partial charge in [0.2, 0.25) is 5.91 Å². The van der Waals surface area contributed by atoms with E-state index in [0.29, 0.717) is 6.42 Å². The number of imidazole rings is 1. The van der Waals surface area contributed by atoms with Crippen molar-refractivity contribution in [2.75, 3.05) is 6.54 Å². The molecule has 3 heterocycles. The molecule has 1 atom stereocenters. The number of likely N-dealkylation sites (tertiary alicyclic amines) is 1. The summed E-state index contributed by atoms with van der Waals surface area (Å²) in [6.45, 7) is 5.76. The lowest BCUT2D eigenvalue weighted by Crippen LogP contribution is -2.32. The Bertz CT molecular complexity index is 933. The van der Waals surface area contributed by atoms with Crippen LogP contribution in [-0.2, 0) is 18.4 Å². The van der Waals surface area contributed by atoms with E-state index in [1.807, 2.05) is 23.1 Å². The molecule has 0 unspecified atom stereocenters. The van der Waals surface area contributed by atoms with Crippen LogP contribution >= 0.6 is 0 Å². The van der Waals surface area contributed by atoms with Gasteiger partial charge in [-0.15, -0.1) is 0 Å². The van der Waals surface area contributed by atoms with E-state index in [4.69, 9.17) is 4.98 Å². The zero-order valence-electron chi connectivity index (χ0n) is 15.8. The molecule has 1 aliphatic rings. The van der Waals surface area contributed by atoms with Gasteiger partial charge in [0.1, 0.15) is 5.82 Å². The number of rotatable bonds is 4. The molecule has 5 heteroatoms. The maximum atomic E-state index is 12.9. The summed E-state index contributed by atoms with van der Waals surface area (Å²) in [5, 5.41) is 0. The van der Waals surface area contributed by atoms with Crippen molar-refractivity contribution < 1.29 is 4.79 Å².